The summed E-state index contributed by atoms with van der Waals surface area (Å²) in [6.07, 6.45) is 4.27. The van der Waals surface area contributed by atoms with Crippen molar-refractivity contribution in [2.24, 2.45) is 11.8 Å². The first-order valence-electron chi connectivity index (χ1n) is 6.42. The van der Waals surface area contributed by atoms with Crippen molar-refractivity contribution in [3.05, 3.63) is 28.2 Å². The van der Waals surface area contributed by atoms with Gasteiger partial charge in [-0.3, -0.25) is 4.90 Å². The Labute approximate surface area is 111 Å². The van der Waals surface area contributed by atoms with Gasteiger partial charge in [0, 0.05) is 24.1 Å². The van der Waals surface area contributed by atoms with E-state index in [9.17, 15) is 5.11 Å². The van der Waals surface area contributed by atoms with Crippen molar-refractivity contribution in [2.45, 2.75) is 25.8 Å². The molecule has 0 aromatic heterocycles. The molecule has 92 valence electrons. The van der Waals surface area contributed by atoms with E-state index in [1.807, 2.05) is 12.1 Å². The predicted octanol–water partition coefficient (Wildman–Crippen LogP) is 3.39. The molecule has 0 amide bonds. The molecule has 3 rings (SSSR count). The summed E-state index contributed by atoms with van der Waals surface area (Å²) in [6, 6.07) is 5.53. The molecule has 0 radical (unpaired) electrons. The Morgan fingerprint density at radius 1 is 1.24 bits per heavy atom. The van der Waals surface area contributed by atoms with Gasteiger partial charge in [-0.2, -0.15) is 0 Å². The van der Waals surface area contributed by atoms with E-state index in [2.05, 4.69) is 20.8 Å². The molecule has 1 aromatic rings. The van der Waals surface area contributed by atoms with Crippen LogP contribution in [0.1, 0.15) is 24.8 Å². The third-order valence-corrected chi connectivity index (χ3v) is 5.00. The lowest BCUT2D eigenvalue weighted by Crippen LogP contribution is -2.21. The molecule has 1 saturated carbocycles. The third-order valence-electron chi connectivity index (χ3n) is 4.23. The van der Waals surface area contributed by atoms with Gasteiger partial charge in [0.15, 0.2) is 0 Å². The Hall–Kier alpha value is -0.540. The summed E-state index contributed by atoms with van der Waals surface area (Å²) in [4.78, 5) is 2.54. The van der Waals surface area contributed by atoms with Crippen molar-refractivity contribution in [1.29, 1.82) is 0 Å². The zero-order valence-corrected chi connectivity index (χ0v) is 11.5. The Kier molecular flexibility index (Phi) is 3.14. The van der Waals surface area contributed by atoms with Gasteiger partial charge in [0.25, 0.3) is 0 Å². The maximum Gasteiger partial charge on any atom is 0.115 e. The van der Waals surface area contributed by atoms with Crippen molar-refractivity contribution >= 4 is 15.9 Å². The summed E-state index contributed by atoms with van der Waals surface area (Å²) in [7, 11) is 0. The molecule has 2 nitrogen and oxygen atoms in total. The molecular formula is C14H18BrNO. The molecule has 1 N–H and O–H groups in total. The van der Waals surface area contributed by atoms with Gasteiger partial charge in [-0.15, -0.1) is 0 Å². The maximum absolute atomic E-state index is 9.53. The monoisotopic (exact) mass is 295 g/mol. The molecule has 2 atom stereocenters. The Bertz CT molecular complexity index is 409. The number of halogens is 1. The second kappa shape index (κ2) is 4.62. The lowest BCUT2D eigenvalue weighted by Gasteiger charge is -2.17. The number of aromatic hydroxyl groups is 1. The summed E-state index contributed by atoms with van der Waals surface area (Å²) >= 11 is 3.56. The Balaban J connectivity index is 1.69. The number of hydrogen-bond donors (Lipinski definition) is 1. The van der Waals surface area contributed by atoms with Crippen LogP contribution in [0.3, 0.4) is 0 Å². The van der Waals surface area contributed by atoms with Gasteiger partial charge in [-0.05, 0) is 48.4 Å². The molecule has 2 unspecified atom stereocenters. The highest BCUT2D eigenvalue weighted by molar-refractivity contribution is 9.10. The van der Waals surface area contributed by atoms with Crippen molar-refractivity contribution in [1.82, 2.24) is 4.90 Å². The molecule has 1 aliphatic heterocycles. The van der Waals surface area contributed by atoms with Gasteiger partial charge in [0.1, 0.15) is 5.75 Å². The standard InChI is InChI=1S/C14H18BrNO/c15-14-5-4-13(17)6-12(14)9-16-7-10-2-1-3-11(10)8-16/h4-6,10-11,17H,1-3,7-9H2. The van der Waals surface area contributed by atoms with E-state index in [4.69, 9.17) is 0 Å². The number of likely N-dealkylation sites (tertiary alicyclic amines) is 1. The van der Waals surface area contributed by atoms with Crippen LogP contribution in [0.5, 0.6) is 5.75 Å². The molecule has 1 aliphatic carbocycles. The van der Waals surface area contributed by atoms with Crippen LogP contribution in [0.2, 0.25) is 0 Å². The van der Waals surface area contributed by atoms with Gasteiger partial charge in [0.05, 0.1) is 0 Å². The van der Waals surface area contributed by atoms with Crippen LogP contribution in [0.25, 0.3) is 0 Å². The molecule has 0 bridgehead atoms. The summed E-state index contributed by atoms with van der Waals surface area (Å²) in [5, 5.41) is 9.53. The predicted molar refractivity (Wildman–Crippen MR) is 71.9 cm³/mol. The van der Waals surface area contributed by atoms with Crippen molar-refractivity contribution < 1.29 is 5.11 Å². The van der Waals surface area contributed by atoms with Gasteiger partial charge < -0.3 is 5.11 Å². The van der Waals surface area contributed by atoms with Crippen LogP contribution in [-0.4, -0.2) is 23.1 Å². The van der Waals surface area contributed by atoms with Gasteiger partial charge in [0.2, 0.25) is 0 Å². The maximum atomic E-state index is 9.53. The van der Waals surface area contributed by atoms with Crippen molar-refractivity contribution in [3.63, 3.8) is 0 Å². The van der Waals surface area contributed by atoms with E-state index >= 15 is 0 Å². The number of hydrogen-bond acceptors (Lipinski definition) is 2. The van der Waals surface area contributed by atoms with Crippen molar-refractivity contribution in [3.8, 4) is 5.75 Å². The fraction of sp³-hybridized carbons (Fsp3) is 0.571. The number of phenols is 1. The van der Waals surface area contributed by atoms with E-state index < -0.39 is 0 Å². The van der Waals surface area contributed by atoms with E-state index in [0.29, 0.717) is 5.75 Å². The highest BCUT2D eigenvalue weighted by atomic mass is 79.9. The number of fused-ring (bicyclic) bond motifs is 1. The summed E-state index contributed by atoms with van der Waals surface area (Å²) in [6.45, 7) is 3.45. The third kappa shape index (κ3) is 2.36. The number of benzene rings is 1. The number of rotatable bonds is 2. The summed E-state index contributed by atoms with van der Waals surface area (Å²) in [5.74, 6) is 2.24. The molecule has 2 aliphatic rings. The molecule has 1 saturated heterocycles. The molecule has 0 spiro atoms. The minimum absolute atomic E-state index is 0.364. The molecular weight excluding hydrogens is 278 g/mol. The van der Waals surface area contributed by atoms with Gasteiger partial charge in [-0.25, -0.2) is 0 Å². The average Bonchev–Trinajstić information content (AvgIpc) is 2.83. The second-order valence-electron chi connectivity index (χ2n) is 5.42. The van der Waals surface area contributed by atoms with Gasteiger partial charge >= 0.3 is 0 Å². The summed E-state index contributed by atoms with van der Waals surface area (Å²) < 4.78 is 1.10. The number of phenolic OH excluding ortho intramolecular Hbond substituents is 1. The lowest BCUT2D eigenvalue weighted by atomic mass is 10.0. The zero-order chi connectivity index (χ0) is 11.8. The Morgan fingerprint density at radius 3 is 2.65 bits per heavy atom. The first-order valence-corrected chi connectivity index (χ1v) is 7.21. The quantitative estimate of drug-likeness (QED) is 0.904. The topological polar surface area (TPSA) is 23.5 Å². The largest absolute Gasteiger partial charge is 0.508 e. The van der Waals surface area contributed by atoms with E-state index in [1.54, 1.807) is 6.07 Å². The first-order chi connectivity index (χ1) is 8.22. The number of nitrogens with zero attached hydrogens (tertiary/aromatic N) is 1. The SMILES string of the molecule is Oc1ccc(Br)c(CN2CC3CCCC3C2)c1. The fourth-order valence-electron chi connectivity index (χ4n) is 3.38. The van der Waals surface area contributed by atoms with Crippen LogP contribution >= 0.6 is 15.9 Å². The second-order valence-corrected chi connectivity index (χ2v) is 6.28. The van der Waals surface area contributed by atoms with E-state index in [0.717, 1.165) is 22.9 Å². The molecule has 3 heteroatoms. The fourth-order valence-corrected chi connectivity index (χ4v) is 3.76. The minimum Gasteiger partial charge on any atom is -0.508 e. The molecule has 17 heavy (non-hydrogen) atoms. The lowest BCUT2D eigenvalue weighted by molar-refractivity contribution is 0.302. The van der Waals surface area contributed by atoms with E-state index in [-0.39, 0.29) is 0 Å². The summed E-state index contributed by atoms with van der Waals surface area (Å²) in [5.41, 5.74) is 1.20. The highest BCUT2D eigenvalue weighted by Crippen LogP contribution is 2.38. The zero-order valence-electron chi connectivity index (χ0n) is 9.90. The van der Waals surface area contributed by atoms with Crippen LogP contribution < -0.4 is 0 Å². The van der Waals surface area contributed by atoms with E-state index in [1.165, 1.54) is 37.9 Å². The van der Waals surface area contributed by atoms with Crippen LogP contribution in [0.15, 0.2) is 22.7 Å². The minimum atomic E-state index is 0.364. The van der Waals surface area contributed by atoms with Crippen molar-refractivity contribution in [2.75, 3.05) is 13.1 Å². The first kappa shape index (κ1) is 11.5. The van der Waals surface area contributed by atoms with Crippen LogP contribution in [-0.2, 0) is 6.54 Å². The van der Waals surface area contributed by atoms with Crippen LogP contribution in [0, 0.1) is 11.8 Å². The highest BCUT2D eigenvalue weighted by Gasteiger charge is 2.35. The molecule has 1 aromatic carbocycles. The normalized spacial score (nSPS) is 28.5. The molecule has 1 heterocycles. The average molecular weight is 296 g/mol. The smallest absolute Gasteiger partial charge is 0.115 e. The molecule has 2 fully saturated rings. The van der Waals surface area contributed by atoms with Gasteiger partial charge in [-0.1, -0.05) is 22.4 Å². The Morgan fingerprint density at radius 2 is 1.94 bits per heavy atom. The van der Waals surface area contributed by atoms with Crippen LogP contribution in [0.4, 0.5) is 0 Å².